The van der Waals surface area contributed by atoms with Gasteiger partial charge in [0, 0.05) is 26.2 Å². The van der Waals surface area contributed by atoms with Crippen LogP contribution < -0.4 is 5.32 Å². The second-order valence-corrected chi connectivity index (χ2v) is 3.21. The Balaban J connectivity index is 3.65. The van der Waals surface area contributed by atoms with Crippen LogP contribution in [0.15, 0.2) is 0 Å². The predicted octanol–water partition coefficient (Wildman–Crippen LogP) is 1.78. The molecule has 0 aromatic rings. The summed E-state index contributed by atoms with van der Waals surface area (Å²) in [7, 11) is 0. The highest BCUT2D eigenvalue weighted by molar-refractivity contribution is 4.97. The number of rotatable bonds is 9. The van der Waals surface area contributed by atoms with Crippen molar-refractivity contribution < 1.29 is 9.47 Å². The van der Waals surface area contributed by atoms with E-state index in [0.717, 1.165) is 19.4 Å². The molecule has 88 valence electrons. The minimum Gasteiger partial charge on any atom is -0.353 e. The van der Waals surface area contributed by atoms with Crippen molar-refractivity contribution in [3.05, 3.63) is 0 Å². The summed E-state index contributed by atoms with van der Waals surface area (Å²) in [5.74, 6) is 2.70. The Labute approximate surface area is 93.5 Å². The molecule has 0 saturated heterocycles. The van der Waals surface area contributed by atoms with Crippen molar-refractivity contribution in [2.24, 2.45) is 0 Å². The van der Waals surface area contributed by atoms with Gasteiger partial charge in [-0.1, -0.05) is 12.8 Å². The SMILES string of the molecule is C#CC(CC)NCCC(OCC)OCC. The highest BCUT2D eigenvalue weighted by atomic mass is 16.7. The molecule has 0 saturated carbocycles. The Morgan fingerprint density at radius 3 is 2.20 bits per heavy atom. The zero-order chi connectivity index (χ0) is 11.5. The van der Waals surface area contributed by atoms with Crippen molar-refractivity contribution >= 4 is 0 Å². The standard InChI is InChI=1S/C12H23NO2/c1-5-11(6-2)13-10-9-12(14-7-3)15-8-4/h1,11-13H,6-10H2,2-4H3. The molecule has 0 aliphatic carbocycles. The van der Waals surface area contributed by atoms with E-state index in [4.69, 9.17) is 15.9 Å². The Bertz CT molecular complexity index is 171. The molecule has 0 fully saturated rings. The Morgan fingerprint density at radius 2 is 1.80 bits per heavy atom. The van der Waals surface area contributed by atoms with Crippen molar-refractivity contribution in [3.8, 4) is 12.3 Å². The van der Waals surface area contributed by atoms with Crippen LogP contribution in [0.3, 0.4) is 0 Å². The van der Waals surface area contributed by atoms with Gasteiger partial charge in [-0.25, -0.2) is 0 Å². The molecule has 0 radical (unpaired) electrons. The third-order valence-corrected chi connectivity index (χ3v) is 2.09. The maximum Gasteiger partial charge on any atom is 0.158 e. The molecule has 1 atom stereocenters. The van der Waals surface area contributed by atoms with Gasteiger partial charge in [0.2, 0.25) is 0 Å². The van der Waals surface area contributed by atoms with E-state index in [0.29, 0.717) is 13.2 Å². The number of hydrogen-bond acceptors (Lipinski definition) is 3. The highest BCUT2D eigenvalue weighted by Gasteiger charge is 2.08. The first kappa shape index (κ1) is 14.4. The monoisotopic (exact) mass is 213 g/mol. The maximum absolute atomic E-state index is 5.42. The average molecular weight is 213 g/mol. The normalized spacial score (nSPS) is 12.7. The van der Waals surface area contributed by atoms with E-state index in [2.05, 4.69) is 18.2 Å². The zero-order valence-electron chi connectivity index (χ0n) is 10.1. The van der Waals surface area contributed by atoms with E-state index in [1.807, 2.05) is 13.8 Å². The zero-order valence-corrected chi connectivity index (χ0v) is 10.1. The van der Waals surface area contributed by atoms with Crippen molar-refractivity contribution in [1.82, 2.24) is 5.32 Å². The highest BCUT2D eigenvalue weighted by Crippen LogP contribution is 2.00. The first-order valence-electron chi connectivity index (χ1n) is 5.71. The number of ether oxygens (including phenoxy) is 2. The van der Waals surface area contributed by atoms with E-state index in [9.17, 15) is 0 Å². The molecular weight excluding hydrogens is 190 g/mol. The van der Waals surface area contributed by atoms with Crippen molar-refractivity contribution in [2.75, 3.05) is 19.8 Å². The van der Waals surface area contributed by atoms with Crippen LogP contribution in [-0.4, -0.2) is 32.1 Å². The van der Waals surface area contributed by atoms with Gasteiger partial charge in [0.25, 0.3) is 0 Å². The summed E-state index contributed by atoms with van der Waals surface area (Å²) in [4.78, 5) is 0. The molecule has 0 rings (SSSR count). The second-order valence-electron chi connectivity index (χ2n) is 3.21. The first-order chi connectivity index (χ1) is 7.28. The van der Waals surface area contributed by atoms with Gasteiger partial charge in [0.15, 0.2) is 6.29 Å². The van der Waals surface area contributed by atoms with E-state index >= 15 is 0 Å². The third-order valence-electron chi connectivity index (χ3n) is 2.09. The van der Waals surface area contributed by atoms with E-state index in [1.165, 1.54) is 0 Å². The van der Waals surface area contributed by atoms with Crippen LogP contribution in [0.2, 0.25) is 0 Å². The van der Waals surface area contributed by atoms with Gasteiger partial charge >= 0.3 is 0 Å². The molecule has 0 amide bonds. The molecule has 0 bridgehead atoms. The minimum atomic E-state index is -0.109. The summed E-state index contributed by atoms with van der Waals surface area (Å²) in [5.41, 5.74) is 0. The summed E-state index contributed by atoms with van der Waals surface area (Å²) in [5, 5.41) is 3.27. The lowest BCUT2D eigenvalue weighted by atomic mass is 10.2. The van der Waals surface area contributed by atoms with Gasteiger partial charge in [-0.3, -0.25) is 0 Å². The second kappa shape index (κ2) is 9.97. The summed E-state index contributed by atoms with van der Waals surface area (Å²) >= 11 is 0. The van der Waals surface area contributed by atoms with E-state index < -0.39 is 0 Å². The van der Waals surface area contributed by atoms with Gasteiger partial charge in [0.05, 0.1) is 6.04 Å². The Hall–Kier alpha value is -0.560. The smallest absolute Gasteiger partial charge is 0.158 e. The molecule has 0 aliphatic heterocycles. The van der Waals surface area contributed by atoms with Crippen LogP contribution in [0.1, 0.15) is 33.6 Å². The lowest BCUT2D eigenvalue weighted by Gasteiger charge is -2.18. The molecule has 3 nitrogen and oxygen atoms in total. The average Bonchev–Trinajstić information content (AvgIpc) is 2.25. The lowest BCUT2D eigenvalue weighted by Crippen LogP contribution is -2.31. The Kier molecular flexibility index (Phi) is 9.60. The fraction of sp³-hybridized carbons (Fsp3) is 0.833. The van der Waals surface area contributed by atoms with Crippen LogP contribution in [0, 0.1) is 12.3 Å². The Morgan fingerprint density at radius 1 is 1.20 bits per heavy atom. The molecule has 0 aliphatic rings. The molecule has 0 spiro atoms. The summed E-state index contributed by atoms with van der Waals surface area (Å²) in [6.45, 7) is 8.19. The van der Waals surface area contributed by atoms with Crippen LogP contribution in [0.4, 0.5) is 0 Å². The summed E-state index contributed by atoms with van der Waals surface area (Å²) in [6.07, 6.45) is 7.02. The van der Waals surface area contributed by atoms with Crippen molar-refractivity contribution in [1.29, 1.82) is 0 Å². The fourth-order valence-electron chi connectivity index (χ4n) is 1.28. The number of nitrogens with one attached hydrogen (secondary N) is 1. The van der Waals surface area contributed by atoms with Crippen molar-refractivity contribution in [2.45, 2.75) is 45.9 Å². The van der Waals surface area contributed by atoms with Crippen LogP contribution in [0.25, 0.3) is 0 Å². The molecule has 1 N–H and O–H groups in total. The predicted molar refractivity (Wildman–Crippen MR) is 62.6 cm³/mol. The molecule has 0 aromatic heterocycles. The van der Waals surface area contributed by atoms with E-state index in [1.54, 1.807) is 0 Å². The van der Waals surface area contributed by atoms with Gasteiger partial charge in [-0.2, -0.15) is 0 Å². The molecule has 1 unspecified atom stereocenters. The van der Waals surface area contributed by atoms with Crippen LogP contribution in [-0.2, 0) is 9.47 Å². The van der Waals surface area contributed by atoms with Crippen LogP contribution in [0.5, 0.6) is 0 Å². The minimum absolute atomic E-state index is 0.109. The quantitative estimate of drug-likeness (QED) is 0.468. The summed E-state index contributed by atoms with van der Waals surface area (Å²) in [6, 6.07) is 0.161. The molecular formula is C12H23NO2. The molecule has 0 heterocycles. The third kappa shape index (κ3) is 7.38. The van der Waals surface area contributed by atoms with Gasteiger partial charge in [0.1, 0.15) is 0 Å². The van der Waals surface area contributed by atoms with Gasteiger partial charge in [-0.05, 0) is 20.3 Å². The molecule has 0 aromatic carbocycles. The number of terminal acetylenes is 1. The largest absolute Gasteiger partial charge is 0.353 e. The topological polar surface area (TPSA) is 30.5 Å². The number of hydrogen-bond donors (Lipinski definition) is 1. The molecule has 15 heavy (non-hydrogen) atoms. The maximum atomic E-state index is 5.42. The first-order valence-corrected chi connectivity index (χ1v) is 5.71. The van der Waals surface area contributed by atoms with Crippen LogP contribution >= 0.6 is 0 Å². The molecule has 3 heteroatoms. The van der Waals surface area contributed by atoms with Gasteiger partial charge < -0.3 is 14.8 Å². The van der Waals surface area contributed by atoms with E-state index in [-0.39, 0.29) is 12.3 Å². The van der Waals surface area contributed by atoms with Crippen molar-refractivity contribution in [3.63, 3.8) is 0 Å². The summed E-state index contributed by atoms with van der Waals surface area (Å²) < 4.78 is 10.8. The lowest BCUT2D eigenvalue weighted by molar-refractivity contribution is -0.138. The van der Waals surface area contributed by atoms with Gasteiger partial charge in [-0.15, -0.1) is 6.42 Å². The fourth-order valence-corrected chi connectivity index (χ4v) is 1.28.